The van der Waals surface area contributed by atoms with Crippen LogP contribution in [0.2, 0.25) is 0 Å². The molecule has 0 aliphatic carbocycles. The van der Waals surface area contributed by atoms with Crippen molar-refractivity contribution >= 4 is 5.91 Å². The number of nitrogens with zero attached hydrogens (tertiary/aromatic N) is 1. The third-order valence-corrected chi connectivity index (χ3v) is 2.63. The first-order valence-corrected chi connectivity index (χ1v) is 5.68. The molecule has 0 unspecified atom stereocenters. The summed E-state index contributed by atoms with van der Waals surface area (Å²) in [4.78, 5) is 11.4. The number of carbonyl (C=O) groups is 1. The Morgan fingerprint density at radius 1 is 0.955 bits per heavy atom. The minimum atomic E-state index is -6.96. The molecule has 0 heterocycles. The Morgan fingerprint density at radius 3 is 1.64 bits per heavy atom. The predicted octanol–water partition coefficient (Wildman–Crippen LogP) is 3.88. The number of halogens is 9. The molecule has 0 N–H and O–H groups in total. The third-order valence-electron chi connectivity index (χ3n) is 2.63. The molecule has 2 nitrogen and oxygen atoms in total. The first-order valence-electron chi connectivity index (χ1n) is 5.68. The summed E-state index contributed by atoms with van der Waals surface area (Å²) in [5, 5.41) is 0. The lowest BCUT2D eigenvalue weighted by molar-refractivity contribution is -0.396. The highest BCUT2D eigenvalue weighted by atomic mass is 19.4. The normalized spacial score (nSPS) is 14.0. The molecule has 0 aromatic heterocycles. The molecule has 0 aromatic carbocycles. The number of hydrogen-bond donors (Lipinski definition) is 0. The smallest absolute Gasteiger partial charge is 0.333 e. The first kappa shape index (κ1) is 20.6. The van der Waals surface area contributed by atoms with Gasteiger partial charge in [-0.3, -0.25) is 4.79 Å². The highest BCUT2D eigenvalue weighted by molar-refractivity contribution is 5.92. The van der Waals surface area contributed by atoms with Crippen molar-refractivity contribution in [2.45, 2.75) is 37.8 Å². The van der Waals surface area contributed by atoms with Gasteiger partial charge >= 0.3 is 23.9 Å². The zero-order chi connectivity index (χ0) is 18.1. The molecule has 0 fully saturated rings. The zero-order valence-corrected chi connectivity index (χ0v) is 11.4. The molecule has 0 atom stereocenters. The topological polar surface area (TPSA) is 20.3 Å². The lowest BCUT2D eigenvalue weighted by atomic mass is 10.0. The molecule has 0 bridgehead atoms. The fraction of sp³-hybridized carbons (Fsp3) is 0.727. The number of carbonyl (C=O) groups excluding carboxylic acids is 1. The van der Waals surface area contributed by atoms with Crippen LogP contribution in [-0.2, 0) is 4.79 Å². The van der Waals surface area contributed by atoms with Crippen LogP contribution in [0, 0.1) is 0 Å². The molecular weight excluding hydrogens is 333 g/mol. The summed E-state index contributed by atoms with van der Waals surface area (Å²) in [6, 6.07) is 0. The van der Waals surface area contributed by atoms with Crippen molar-refractivity contribution in [1.29, 1.82) is 0 Å². The van der Waals surface area contributed by atoms with Crippen LogP contribution in [0.1, 0.15) is 13.8 Å². The highest BCUT2D eigenvalue weighted by Crippen LogP contribution is 2.53. The van der Waals surface area contributed by atoms with Crippen molar-refractivity contribution < 1.29 is 44.3 Å². The number of amides is 1. The lowest BCUT2D eigenvalue weighted by Crippen LogP contribution is -2.64. The fourth-order valence-electron chi connectivity index (χ4n) is 1.34. The fourth-order valence-corrected chi connectivity index (χ4v) is 1.34. The van der Waals surface area contributed by atoms with E-state index in [0.29, 0.717) is 0 Å². The van der Waals surface area contributed by atoms with E-state index in [4.69, 9.17) is 0 Å². The monoisotopic (exact) mass is 345 g/mol. The Morgan fingerprint density at radius 2 is 1.36 bits per heavy atom. The van der Waals surface area contributed by atoms with Crippen LogP contribution >= 0.6 is 0 Å². The summed E-state index contributed by atoms with van der Waals surface area (Å²) in [6.07, 6.45) is -6.88. The largest absolute Gasteiger partial charge is 0.460 e. The Labute approximate surface area is 119 Å². The predicted molar refractivity (Wildman–Crippen MR) is 58.0 cm³/mol. The number of hydrogen-bond acceptors (Lipinski definition) is 1. The van der Waals surface area contributed by atoms with Gasteiger partial charge in [0, 0.05) is 12.1 Å². The van der Waals surface area contributed by atoms with Crippen LogP contribution in [0.15, 0.2) is 12.2 Å². The molecule has 11 heteroatoms. The van der Waals surface area contributed by atoms with Gasteiger partial charge in [0.05, 0.1) is 6.54 Å². The van der Waals surface area contributed by atoms with E-state index in [9.17, 15) is 44.3 Å². The van der Waals surface area contributed by atoms with Gasteiger partial charge in [-0.05, 0) is 13.8 Å². The molecule has 0 saturated carbocycles. The van der Waals surface area contributed by atoms with E-state index in [2.05, 4.69) is 6.58 Å². The molecule has 1 amide bonds. The van der Waals surface area contributed by atoms with Crippen LogP contribution in [0.5, 0.6) is 0 Å². The van der Waals surface area contributed by atoms with Crippen molar-refractivity contribution in [2.75, 3.05) is 13.1 Å². The molecule has 0 spiro atoms. The second-order valence-corrected chi connectivity index (χ2v) is 4.45. The Bertz CT molecular complexity index is 441. The second kappa shape index (κ2) is 5.99. The van der Waals surface area contributed by atoms with Crippen LogP contribution in [0.3, 0.4) is 0 Å². The Hall–Kier alpha value is -1.42. The van der Waals surface area contributed by atoms with Crippen molar-refractivity contribution in [3.63, 3.8) is 0 Å². The Balaban J connectivity index is 5.62. The second-order valence-electron chi connectivity index (χ2n) is 4.45. The molecule has 0 aliphatic rings. The van der Waals surface area contributed by atoms with Crippen molar-refractivity contribution in [3.8, 4) is 0 Å². The maximum atomic E-state index is 13.3. The van der Waals surface area contributed by atoms with Gasteiger partial charge in [0.25, 0.3) is 0 Å². The van der Waals surface area contributed by atoms with Gasteiger partial charge in [0.1, 0.15) is 0 Å². The summed E-state index contributed by atoms with van der Waals surface area (Å²) in [5.41, 5.74) is -0.372. The van der Waals surface area contributed by atoms with E-state index in [0.717, 1.165) is 13.8 Å². The van der Waals surface area contributed by atoms with Crippen LogP contribution in [-0.4, -0.2) is 47.8 Å². The molecule has 0 rings (SSSR count). The standard InChI is InChI=1S/C11H12F9NO/c1-4-21(7(22)6(2)3)5-8(12,13)9(14,15)10(16,17)11(18,19)20/h2,4-5H2,1,3H3. The summed E-state index contributed by atoms with van der Waals surface area (Å²) >= 11 is 0. The number of likely N-dealkylation sites (N-methyl/N-ethyl adjacent to an activating group) is 1. The maximum absolute atomic E-state index is 13.3. The van der Waals surface area contributed by atoms with Gasteiger partial charge in [0.15, 0.2) is 0 Å². The highest BCUT2D eigenvalue weighted by Gasteiger charge is 2.81. The molecule has 0 radical (unpaired) electrons. The summed E-state index contributed by atoms with van der Waals surface area (Å²) in [5.74, 6) is -20.8. The van der Waals surface area contributed by atoms with Gasteiger partial charge in [0.2, 0.25) is 5.91 Å². The Kier molecular flexibility index (Phi) is 5.61. The third kappa shape index (κ3) is 3.49. The van der Waals surface area contributed by atoms with Crippen LogP contribution in [0.4, 0.5) is 39.5 Å². The first-order chi connectivity index (χ1) is 9.53. The molecule has 0 aliphatic heterocycles. The van der Waals surface area contributed by atoms with E-state index < -0.39 is 42.9 Å². The van der Waals surface area contributed by atoms with Crippen molar-refractivity contribution in [2.24, 2.45) is 0 Å². The molecular formula is C11H12F9NO. The van der Waals surface area contributed by atoms with E-state index in [-0.39, 0.29) is 10.5 Å². The minimum Gasteiger partial charge on any atom is -0.333 e. The SMILES string of the molecule is C=C(C)C(=O)N(CC)CC(F)(F)C(F)(F)C(F)(F)C(F)(F)F. The van der Waals surface area contributed by atoms with Crippen molar-refractivity contribution in [3.05, 3.63) is 12.2 Å². The van der Waals surface area contributed by atoms with Crippen molar-refractivity contribution in [1.82, 2.24) is 4.90 Å². The van der Waals surface area contributed by atoms with E-state index in [1.807, 2.05) is 0 Å². The van der Waals surface area contributed by atoms with Gasteiger partial charge < -0.3 is 4.90 Å². The number of rotatable bonds is 6. The van der Waals surface area contributed by atoms with Crippen LogP contribution < -0.4 is 0 Å². The van der Waals surface area contributed by atoms with Gasteiger partial charge in [-0.25, -0.2) is 0 Å². The quantitative estimate of drug-likeness (QED) is 0.529. The summed E-state index contributed by atoms with van der Waals surface area (Å²) in [7, 11) is 0. The minimum absolute atomic E-state index is 0.00268. The average molecular weight is 345 g/mol. The van der Waals surface area contributed by atoms with E-state index >= 15 is 0 Å². The molecule has 0 saturated heterocycles. The number of alkyl halides is 9. The average Bonchev–Trinajstić information content (AvgIpc) is 2.33. The zero-order valence-electron chi connectivity index (χ0n) is 11.4. The lowest BCUT2D eigenvalue weighted by Gasteiger charge is -2.36. The molecule has 0 aromatic rings. The molecule has 130 valence electrons. The van der Waals surface area contributed by atoms with Crippen LogP contribution in [0.25, 0.3) is 0 Å². The van der Waals surface area contributed by atoms with E-state index in [1.54, 1.807) is 0 Å². The van der Waals surface area contributed by atoms with Gasteiger partial charge in [-0.1, -0.05) is 6.58 Å². The van der Waals surface area contributed by atoms with Gasteiger partial charge in [-0.2, -0.15) is 39.5 Å². The summed E-state index contributed by atoms with van der Waals surface area (Å²) < 4.78 is 114. The van der Waals surface area contributed by atoms with Gasteiger partial charge in [-0.15, -0.1) is 0 Å². The summed E-state index contributed by atoms with van der Waals surface area (Å²) in [6.45, 7) is 2.21. The molecule has 22 heavy (non-hydrogen) atoms. The maximum Gasteiger partial charge on any atom is 0.460 e. The van der Waals surface area contributed by atoms with E-state index in [1.165, 1.54) is 0 Å².